The second kappa shape index (κ2) is 5.08. The molecule has 3 rings (SSSR count). The van der Waals surface area contributed by atoms with Gasteiger partial charge >= 0.3 is 0 Å². The number of nitrogens with one attached hydrogen (secondary N) is 1. The van der Waals surface area contributed by atoms with Crippen molar-refractivity contribution in [3.05, 3.63) is 23.8 Å². The van der Waals surface area contributed by atoms with Crippen LogP contribution in [-0.4, -0.2) is 37.8 Å². The lowest BCUT2D eigenvalue weighted by atomic mass is 10.0. The van der Waals surface area contributed by atoms with Gasteiger partial charge in [0.05, 0.1) is 11.3 Å². The zero-order chi connectivity index (χ0) is 15.2. The fourth-order valence-electron chi connectivity index (χ4n) is 2.92. The number of anilines is 1. The van der Waals surface area contributed by atoms with Crippen LogP contribution in [0.2, 0.25) is 0 Å². The Bertz CT molecular complexity index is 685. The lowest BCUT2D eigenvalue weighted by Gasteiger charge is -2.18. The van der Waals surface area contributed by atoms with E-state index in [1.165, 1.54) is 4.31 Å². The van der Waals surface area contributed by atoms with E-state index in [1.54, 1.807) is 18.2 Å². The molecule has 1 aromatic rings. The molecule has 114 valence electrons. The first kappa shape index (κ1) is 14.5. The molecule has 0 aromatic heterocycles. The average Bonchev–Trinajstić information content (AvgIpc) is 3.03. The molecule has 21 heavy (non-hydrogen) atoms. The molecule has 1 amide bonds. The van der Waals surface area contributed by atoms with Crippen LogP contribution in [0.5, 0.6) is 0 Å². The molecule has 2 aliphatic heterocycles. The Labute approximate surface area is 124 Å². The summed E-state index contributed by atoms with van der Waals surface area (Å²) in [6, 6.07) is 4.81. The number of nitrogens with zero attached hydrogens (tertiary/aromatic N) is 1. The van der Waals surface area contributed by atoms with Gasteiger partial charge in [-0.25, -0.2) is 8.42 Å². The maximum Gasteiger partial charge on any atom is 0.243 e. The van der Waals surface area contributed by atoms with Crippen molar-refractivity contribution in [2.45, 2.75) is 30.7 Å². The predicted molar refractivity (Wildman–Crippen MR) is 79.3 cm³/mol. The van der Waals surface area contributed by atoms with Crippen LogP contribution in [0.15, 0.2) is 23.1 Å². The van der Waals surface area contributed by atoms with Gasteiger partial charge in [-0.3, -0.25) is 4.79 Å². The number of hydrogen-bond acceptors (Lipinski definition) is 4. The maximum absolute atomic E-state index is 12.7. The molecule has 0 saturated carbocycles. The Morgan fingerprint density at radius 1 is 1.43 bits per heavy atom. The molecule has 0 aliphatic carbocycles. The highest BCUT2D eigenvalue weighted by atomic mass is 32.2. The van der Waals surface area contributed by atoms with E-state index in [4.69, 9.17) is 5.73 Å². The highest BCUT2D eigenvalue weighted by Crippen LogP contribution is 2.30. The molecule has 1 saturated heterocycles. The van der Waals surface area contributed by atoms with Crippen LogP contribution in [-0.2, 0) is 21.2 Å². The van der Waals surface area contributed by atoms with Gasteiger partial charge in [0.2, 0.25) is 15.9 Å². The zero-order valence-corrected chi connectivity index (χ0v) is 12.7. The molecule has 2 atom stereocenters. The fraction of sp³-hybridized carbons (Fsp3) is 0.500. The first-order valence-electron chi connectivity index (χ1n) is 7.06. The maximum atomic E-state index is 12.7. The van der Waals surface area contributed by atoms with Crippen LogP contribution in [0.4, 0.5) is 5.69 Å². The van der Waals surface area contributed by atoms with Crippen molar-refractivity contribution in [1.29, 1.82) is 0 Å². The molecular weight excluding hydrogens is 290 g/mol. The van der Waals surface area contributed by atoms with E-state index in [-0.39, 0.29) is 29.2 Å². The summed E-state index contributed by atoms with van der Waals surface area (Å²) in [5, 5.41) is 2.70. The van der Waals surface area contributed by atoms with Crippen molar-refractivity contribution in [2.24, 2.45) is 11.7 Å². The van der Waals surface area contributed by atoms with Crippen molar-refractivity contribution in [1.82, 2.24) is 4.31 Å². The van der Waals surface area contributed by atoms with Gasteiger partial charge in [0, 0.05) is 24.8 Å². The monoisotopic (exact) mass is 309 g/mol. The number of nitrogens with two attached hydrogens (primary N) is 1. The molecule has 6 nitrogen and oxygen atoms in total. The molecule has 2 unspecified atom stereocenters. The summed E-state index contributed by atoms with van der Waals surface area (Å²) in [6.45, 7) is 2.88. The second-order valence-corrected chi connectivity index (χ2v) is 7.75. The van der Waals surface area contributed by atoms with Crippen molar-refractivity contribution >= 4 is 21.6 Å². The Morgan fingerprint density at radius 2 is 2.19 bits per heavy atom. The molecule has 0 bridgehead atoms. The van der Waals surface area contributed by atoms with Crippen LogP contribution in [0.25, 0.3) is 0 Å². The smallest absolute Gasteiger partial charge is 0.243 e. The summed E-state index contributed by atoms with van der Waals surface area (Å²) in [4.78, 5) is 11.6. The van der Waals surface area contributed by atoms with Crippen LogP contribution in [0, 0.1) is 5.92 Å². The number of benzene rings is 1. The second-order valence-electron chi connectivity index (χ2n) is 5.81. The molecule has 1 fully saturated rings. The summed E-state index contributed by atoms with van der Waals surface area (Å²) in [6.07, 6.45) is 1.03. The van der Waals surface area contributed by atoms with E-state index in [0.29, 0.717) is 18.8 Å². The third kappa shape index (κ3) is 2.56. The van der Waals surface area contributed by atoms with Crippen LogP contribution >= 0.6 is 0 Å². The minimum atomic E-state index is -3.51. The average molecular weight is 309 g/mol. The number of rotatable bonds is 3. The Hall–Kier alpha value is -1.44. The SMILES string of the molecule is CC(N)C1CCN(S(=O)(=O)c2ccc3c(c2)CC(=O)N3)C1. The van der Waals surface area contributed by atoms with Gasteiger partial charge in [-0.1, -0.05) is 0 Å². The van der Waals surface area contributed by atoms with E-state index < -0.39 is 10.0 Å². The topological polar surface area (TPSA) is 92.5 Å². The van der Waals surface area contributed by atoms with Gasteiger partial charge in [0.25, 0.3) is 0 Å². The van der Waals surface area contributed by atoms with Crippen LogP contribution < -0.4 is 11.1 Å². The summed E-state index contributed by atoms with van der Waals surface area (Å²) in [5.74, 6) is 0.107. The quantitative estimate of drug-likeness (QED) is 0.852. The summed E-state index contributed by atoms with van der Waals surface area (Å²) in [5.41, 5.74) is 7.31. The van der Waals surface area contributed by atoms with Crippen molar-refractivity contribution in [3.63, 3.8) is 0 Å². The third-order valence-electron chi connectivity index (χ3n) is 4.27. The molecule has 2 aliphatic rings. The van der Waals surface area contributed by atoms with Gasteiger partial charge in [0.15, 0.2) is 0 Å². The van der Waals surface area contributed by atoms with Gasteiger partial charge in [-0.15, -0.1) is 0 Å². The number of carbonyl (C=O) groups is 1. The normalized spacial score (nSPS) is 23.9. The Kier molecular flexibility index (Phi) is 3.51. The first-order valence-corrected chi connectivity index (χ1v) is 8.50. The lowest BCUT2D eigenvalue weighted by molar-refractivity contribution is -0.115. The van der Waals surface area contributed by atoms with Crippen molar-refractivity contribution in [3.8, 4) is 0 Å². The standard InChI is InChI=1S/C14H19N3O3S/c1-9(15)10-4-5-17(8-10)21(19,20)12-2-3-13-11(6-12)7-14(18)16-13/h2-3,6,9-10H,4-5,7-8,15H2,1H3,(H,16,18). The minimum absolute atomic E-state index is 0.00737. The van der Waals surface area contributed by atoms with Crippen molar-refractivity contribution in [2.75, 3.05) is 18.4 Å². The number of carbonyl (C=O) groups excluding carboxylic acids is 1. The van der Waals surface area contributed by atoms with E-state index in [9.17, 15) is 13.2 Å². The number of hydrogen-bond donors (Lipinski definition) is 2. The number of fused-ring (bicyclic) bond motifs is 1. The third-order valence-corrected chi connectivity index (χ3v) is 6.13. The first-order chi connectivity index (χ1) is 9.88. The zero-order valence-electron chi connectivity index (χ0n) is 11.9. The van der Waals surface area contributed by atoms with Gasteiger partial charge in [-0.2, -0.15) is 4.31 Å². The highest BCUT2D eigenvalue weighted by Gasteiger charge is 2.34. The fourth-order valence-corrected chi connectivity index (χ4v) is 4.48. The molecule has 7 heteroatoms. The lowest BCUT2D eigenvalue weighted by Crippen LogP contribution is -2.33. The molecule has 0 radical (unpaired) electrons. The molecule has 3 N–H and O–H groups in total. The number of sulfonamides is 1. The van der Waals surface area contributed by atoms with E-state index in [0.717, 1.165) is 12.0 Å². The van der Waals surface area contributed by atoms with Crippen molar-refractivity contribution < 1.29 is 13.2 Å². The van der Waals surface area contributed by atoms with Gasteiger partial charge in [-0.05, 0) is 43.0 Å². The molecule has 1 aromatic carbocycles. The predicted octanol–water partition coefficient (Wildman–Crippen LogP) is 0.539. The largest absolute Gasteiger partial charge is 0.328 e. The van der Waals surface area contributed by atoms with Crippen LogP contribution in [0.1, 0.15) is 18.9 Å². The molecular formula is C14H19N3O3S. The van der Waals surface area contributed by atoms with E-state index in [1.807, 2.05) is 6.92 Å². The molecule has 2 heterocycles. The van der Waals surface area contributed by atoms with E-state index in [2.05, 4.69) is 5.32 Å². The summed E-state index contributed by atoms with van der Waals surface area (Å²) < 4.78 is 26.8. The summed E-state index contributed by atoms with van der Waals surface area (Å²) >= 11 is 0. The summed E-state index contributed by atoms with van der Waals surface area (Å²) in [7, 11) is -3.51. The van der Waals surface area contributed by atoms with Gasteiger partial charge < -0.3 is 11.1 Å². The van der Waals surface area contributed by atoms with Gasteiger partial charge in [0.1, 0.15) is 0 Å². The highest BCUT2D eigenvalue weighted by molar-refractivity contribution is 7.89. The minimum Gasteiger partial charge on any atom is -0.328 e. The van der Waals surface area contributed by atoms with Crippen LogP contribution in [0.3, 0.4) is 0 Å². The Balaban J connectivity index is 1.87. The number of amides is 1. The molecule has 0 spiro atoms. The Morgan fingerprint density at radius 3 is 2.86 bits per heavy atom. The van der Waals surface area contributed by atoms with E-state index >= 15 is 0 Å².